The van der Waals surface area contributed by atoms with Crippen LogP contribution in [0.3, 0.4) is 0 Å². The average Bonchev–Trinajstić information content (AvgIpc) is 2.79. The highest BCUT2D eigenvalue weighted by Crippen LogP contribution is 2.40. The van der Waals surface area contributed by atoms with E-state index in [0.29, 0.717) is 11.1 Å². The summed E-state index contributed by atoms with van der Waals surface area (Å²) in [6, 6.07) is 12.3. The van der Waals surface area contributed by atoms with Crippen LogP contribution in [-0.4, -0.2) is 26.3 Å². The molecular formula is C26H25F2N3O4S. The fourth-order valence-electron chi connectivity index (χ4n) is 4.50. The van der Waals surface area contributed by atoms with E-state index in [-0.39, 0.29) is 22.8 Å². The Morgan fingerprint density at radius 1 is 1.00 bits per heavy atom. The van der Waals surface area contributed by atoms with Crippen LogP contribution >= 0.6 is 0 Å². The molecule has 3 aromatic rings. The normalized spacial score (nSPS) is 15.3. The molecule has 0 saturated carbocycles. The summed E-state index contributed by atoms with van der Waals surface area (Å²) < 4.78 is 57.0. The second-order valence-corrected chi connectivity index (χ2v) is 10.5. The Morgan fingerprint density at radius 2 is 1.61 bits per heavy atom. The van der Waals surface area contributed by atoms with E-state index in [4.69, 9.17) is 0 Å². The van der Waals surface area contributed by atoms with Gasteiger partial charge in [0.25, 0.3) is 10.0 Å². The molecule has 10 heteroatoms. The lowest BCUT2D eigenvalue weighted by atomic mass is 10.1. The Hall–Kier alpha value is -3.79. The number of sulfonamides is 1. The van der Waals surface area contributed by atoms with Crippen LogP contribution < -0.4 is 14.9 Å². The van der Waals surface area contributed by atoms with E-state index < -0.39 is 45.9 Å². The maximum atomic E-state index is 14.3. The zero-order valence-electron chi connectivity index (χ0n) is 19.9. The van der Waals surface area contributed by atoms with Crippen molar-refractivity contribution in [2.75, 3.05) is 9.62 Å². The third kappa shape index (κ3) is 4.81. The molecule has 0 radical (unpaired) electrons. The van der Waals surface area contributed by atoms with Crippen LogP contribution in [0.2, 0.25) is 0 Å². The zero-order valence-corrected chi connectivity index (χ0v) is 20.7. The maximum absolute atomic E-state index is 14.3. The summed E-state index contributed by atoms with van der Waals surface area (Å²) >= 11 is 0. The first-order chi connectivity index (χ1) is 17.0. The predicted molar refractivity (Wildman–Crippen MR) is 132 cm³/mol. The summed E-state index contributed by atoms with van der Waals surface area (Å²) in [6.07, 6.45) is -0.527. The van der Waals surface area contributed by atoms with Gasteiger partial charge in [0, 0.05) is 18.7 Å². The van der Waals surface area contributed by atoms with Crippen LogP contribution in [-0.2, 0) is 26.2 Å². The smallest absolute Gasteiger partial charge is 0.265 e. The van der Waals surface area contributed by atoms with E-state index in [9.17, 15) is 26.8 Å². The Labute approximate surface area is 208 Å². The minimum Gasteiger partial charge on any atom is -0.352 e. The summed E-state index contributed by atoms with van der Waals surface area (Å²) in [4.78, 5) is 25.8. The van der Waals surface area contributed by atoms with Gasteiger partial charge >= 0.3 is 0 Å². The lowest BCUT2D eigenvalue weighted by Crippen LogP contribution is -2.53. The van der Waals surface area contributed by atoms with Crippen molar-refractivity contribution >= 4 is 33.2 Å². The molecule has 3 aromatic carbocycles. The minimum absolute atomic E-state index is 0.0619. The average molecular weight is 514 g/mol. The molecule has 1 heterocycles. The quantitative estimate of drug-likeness (QED) is 0.519. The Kier molecular flexibility index (Phi) is 6.81. The largest absolute Gasteiger partial charge is 0.352 e. The number of anilines is 2. The van der Waals surface area contributed by atoms with E-state index in [1.54, 1.807) is 50.2 Å². The van der Waals surface area contributed by atoms with Crippen molar-refractivity contribution in [1.82, 2.24) is 5.32 Å². The summed E-state index contributed by atoms with van der Waals surface area (Å²) in [6.45, 7) is 5.22. The Bertz CT molecular complexity index is 1440. The van der Waals surface area contributed by atoms with E-state index >= 15 is 0 Å². The van der Waals surface area contributed by atoms with Crippen molar-refractivity contribution in [2.45, 2.75) is 44.7 Å². The van der Waals surface area contributed by atoms with Crippen molar-refractivity contribution in [1.29, 1.82) is 0 Å². The van der Waals surface area contributed by atoms with Crippen molar-refractivity contribution in [3.8, 4) is 0 Å². The van der Waals surface area contributed by atoms with E-state index in [1.165, 1.54) is 0 Å². The molecule has 0 fully saturated rings. The number of fused-ring (bicyclic) bond motifs is 1. The molecule has 0 aromatic heterocycles. The SMILES string of the molecule is Cc1cc(C)c(S(=O)(=O)N2c3cc(F)c(F)cc3NC(=O)C2CC(=O)NCc2ccccc2)c(C)c1. The fraction of sp³-hybridized carbons (Fsp3) is 0.231. The second kappa shape index (κ2) is 9.69. The van der Waals surface area contributed by atoms with Gasteiger partial charge in [-0.1, -0.05) is 48.0 Å². The molecule has 0 bridgehead atoms. The third-order valence-corrected chi connectivity index (χ3v) is 8.08. The highest BCUT2D eigenvalue weighted by Gasteiger charge is 2.43. The van der Waals surface area contributed by atoms with Gasteiger partial charge in [-0.3, -0.25) is 13.9 Å². The topological polar surface area (TPSA) is 95.6 Å². The monoisotopic (exact) mass is 513 g/mol. The summed E-state index contributed by atoms with van der Waals surface area (Å²) in [5.74, 6) is -3.93. The standard InChI is InChI=1S/C26H25F2N3O4S/c1-15-9-16(2)25(17(3)10-15)36(34,35)31-22-12-20(28)19(27)11-21(22)30-26(33)23(31)13-24(32)29-14-18-7-5-4-6-8-18/h4-12,23H,13-14H2,1-3H3,(H,29,32)(H,30,33). The number of halogens is 2. The molecule has 2 N–H and O–H groups in total. The molecule has 2 amide bonds. The molecule has 36 heavy (non-hydrogen) atoms. The molecule has 0 aliphatic carbocycles. The Balaban J connectivity index is 1.77. The minimum atomic E-state index is -4.47. The third-order valence-electron chi connectivity index (χ3n) is 5.95. The number of hydrogen-bond acceptors (Lipinski definition) is 4. The first kappa shape index (κ1) is 25.3. The number of amides is 2. The first-order valence-electron chi connectivity index (χ1n) is 11.2. The van der Waals surface area contributed by atoms with Gasteiger partial charge < -0.3 is 10.6 Å². The summed E-state index contributed by atoms with van der Waals surface area (Å²) in [5.41, 5.74) is 2.05. The van der Waals surface area contributed by atoms with E-state index in [1.807, 2.05) is 13.0 Å². The highest BCUT2D eigenvalue weighted by atomic mass is 32.2. The van der Waals surface area contributed by atoms with Crippen molar-refractivity contribution in [2.24, 2.45) is 0 Å². The van der Waals surface area contributed by atoms with E-state index in [2.05, 4.69) is 10.6 Å². The molecule has 188 valence electrons. The van der Waals surface area contributed by atoms with Gasteiger partial charge in [-0.2, -0.15) is 0 Å². The summed E-state index contributed by atoms with van der Waals surface area (Å²) in [7, 11) is -4.47. The number of nitrogens with zero attached hydrogens (tertiary/aromatic N) is 1. The summed E-state index contributed by atoms with van der Waals surface area (Å²) in [5, 5.41) is 5.10. The number of benzene rings is 3. The number of rotatable bonds is 6. The van der Waals surface area contributed by atoms with Crippen molar-refractivity contribution in [3.05, 3.63) is 88.5 Å². The highest BCUT2D eigenvalue weighted by molar-refractivity contribution is 7.93. The van der Waals surface area contributed by atoms with Crippen molar-refractivity contribution < 1.29 is 26.8 Å². The number of nitrogens with one attached hydrogen (secondary N) is 2. The van der Waals surface area contributed by atoms with E-state index in [0.717, 1.165) is 27.6 Å². The zero-order chi connectivity index (χ0) is 26.2. The molecular weight excluding hydrogens is 488 g/mol. The molecule has 1 aliphatic rings. The van der Waals surface area contributed by atoms with Gasteiger partial charge in [0.05, 0.1) is 22.7 Å². The number of hydrogen-bond donors (Lipinski definition) is 2. The lowest BCUT2D eigenvalue weighted by Gasteiger charge is -2.37. The van der Waals surface area contributed by atoms with Gasteiger partial charge in [0.15, 0.2) is 11.6 Å². The van der Waals surface area contributed by atoms with Crippen LogP contribution in [0.25, 0.3) is 0 Å². The molecule has 4 rings (SSSR count). The maximum Gasteiger partial charge on any atom is 0.265 e. The first-order valence-corrected chi connectivity index (χ1v) is 12.7. The fourth-order valence-corrected chi connectivity index (χ4v) is 6.54. The van der Waals surface area contributed by atoms with Gasteiger partial charge in [0.1, 0.15) is 6.04 Å². The molecule has 1 aliphatic heterocycles. The number of carbonyl (C=O) groups is 2. The van der Waals surface area contributed by atoms with Crippen LogP contribution in [0.4, 0.5) is 20.2 Å². The van der Waals surface area contributed by atoms with Gasteiger partial charge in [-0.25, -0.2) is 17.2 Å². The molecule has 0 saturated heterocycles. The predicted octanol–water partition coefficient (Wildman–Crippen LogP) is 4.11. The van der Waals surface area contributed by atoms with Gasteiger partial charge in [-0.05, 0) is 37.5 Å². The van der Waals surface area contributed by atoms with Crippen molar-refractivity contribution in [3.63, 3.8) is 0 Å². The second-order valence-electron chi connectivity index (χ2n) is 8.78. The van der Waals surface area contributed by atoms with Gasteiger partial charge in [-0.15, -0.1) is 0 Å². The molecule has 1 atom stereocenters. The van der Waals surface area contributed by atoms with Crippen LogP contribution in [0, 0.1) is 32.4 Å². The van der Waals surface area contributed by atoms with Crippen LogP contribution in [0.5, 0.6) is 0 Å². The van der Waals surface area contributed by atoms with Crippen LogP contribution in [0.1, 0.15) is 28.7 Å². The van der Waals surface area contributed by atoms with Crippen LogP contribution in [0.15, 0.2) is 59.5 Å². The molecule has 7 nitrogen and oxygen atoms in total. The van der Waals surface area contributed by atoms with Gasteiger partial charge in [0.2, 0.25) is 11.8 Å². The molecule has 0 spiro atoms. The molecule has 1 unspecified atom stereocenters. The lowest BCUT2D eigenvalue weighted by molar-refractivity contribution is -0.125. The number of carbonyl (C=O) groups excluding carboxylic acids is 2. The Morgan fingerprint density at radius 3 is 2.25 bits per heavy atom. The number of aryl methyl sites for hydroxylation is 3.